The minimum absolute atomic E-state index is 0.0229. The molecule has 0 aromatic heterocycles. The Morgan fingerprint density at radius 3 is 2.68 bits per heavy atom. The van der Waals surface area contributed by atoms with Crippen molar-refractivity contribution in [3.8, 4) is 11.8 Å². The fourth-order valence-electron chi connectivity index (χ4n) is 2.77. The van der Waals surface area contributed by atoms with Crippen LogP contribution in [0.25, 0.3) is 6.08 Å². The first kappa shape index (κ1) is 22.4. The van der Waals surface area contributed by atoms with Gasteiger partial charge < -0.3 is 10.1 Å². The van der Waals surface area contributed by atoms with Gasteiger partial charge in [-0.3, -0.25) is 4.79 Å². The summed E-state index contributed by atoms with van der Waals surface area (Å²) in [5.74, 6) is -0.637. The second kappa shape index (κ2) is 10.1. The fourth-order valence-corrected chi connectivity index (χ4v) is 3.13. The van der Waals surface area contributed by atoms with Gasteiger partial charge in [0, 0.05) is 26.9 Å². The van der Waals surface area contributed by atoms with E-state index in [1.807, 2.05) is 6.07 Å². The third-order valence-electron chi connectivity index (χ3n) is 4.49. The molecule has 0 saturated carbocycles. The van der Waals surface area contributed by atoms with E-state index in [0.29, 0.717) is 38.2 Å². The molecule has 156 valence electrons. The quantitative estimate of drug-likeness (QED) is 0.338. The van der Waals surface area contributed by atoms with E-state index in [4.69, 9.17) is 27.9 Å². The average Bonchev–Trinajstić information content (AvgIpc) is 2.75. The molecule has 7 heteroatoms. The van der Waals surface area contributed by atoms with Crippen LogP contribution in [0.3, 0.4) is 0 Å². The number of nitriles is 1. The molecule has 0 aliphatic carbocycles. The molecule has 0 saturated heterocycles. The molecule has 0 aliphatic rings. The van der Waals surface area contributed by atoms with E-state index in [1.165, 1.54) is 12.1 Å². The Morgan fingerprint density at radius 1 is 1.16 bits per heavy atom. The van der Waals surface area contributed by atoms with Gasteiger partial charge in [-0.2, -0.15) is 5.26 Å². The standard InChI is InChI=1S/C24H17Cl2FN2O2/c1-15-20(26)6-4-8-22(15)29-24(30)18(13-28)11-17-12-19(25)9-10-23(17)31-14-16-5-2-3-7-21(16)27/h2-12H,14H2,1H3,(H,29,30)/b18-11+. The number of nitrogens with one attached hydrogen (secondary N) is 1. The summed E-state index contributed by atoms with van der Waals surface area (Å²) in [4.78, 5) is 12.7. The van der Waals surface area contributed by atoms with Crippen molar-refractivity contribution < 1.29 is 13.9 Å². The lowest BCUT2D eigenvalue weighted by atomic mass is 10.1. The van der Waals surface area contributed by atoms with Crippen molar-refractivity contribution in [3.05, 3.63) is 98.8 Å². The highest BCUT2D eigenvalue weighted by Gasteiger charge is 2.14. The third-order valence-corrected chi connectivity index (χ3v) is 5.14. The van der Waals surface area contributed by atoms with Gasteiger partial charge in [0.2, 0.25) is 0 Å². The van der Waals surface area contributed by atoms with Crippen molar-refractivity contribution in [2.75, 3.05) is 5.32 Å². The number of rotatable bonds is 6. The molecule has 3 aromatic carbocycles. The number of anilines is 1. The number of ether oxygens (including phenoxy) is 1. The molecule has 0 bridgehead atoms. The van der Waals surface area contributed by atoms with Crippen molar-refractivity contribution in [2.24, 2.45) is 0 Å². The summed E-state index contributed by atoms with van der Waals surface area (Å²) in [6.07, 6.45) is 1.37. The Hall–Kier alpha value is -3.33. The topological polar surface area (TPSA) is 62.1 Å². The van der Waals surface area contributed by atoms with E-state index in [-0.39, 0.29) is 18.0 Å². The summed E-state index contributed by atoms with van der Waals surface area (Å²) in [5, 5.41) is 13.1. The van der Waals surface area contributed by atoms with Crippen LogP contribution in [0.15, 0.2) is 66.2 Å². The number of benzene rings is 3. The highest BCUT2D eigenvalue weighted by molar-refractivity contribution is 6.32. The normalized spacial score (nSPS) is 11.0. The zero-order valence-electron chi connectivity index (χ0n) is 16.5. The van der Waals surface area contributed by atoms with Gasteiger partial charge >= 0.3 is 0 Å². The van der Waals surface area contributed by atoms with Crippen LogP contribution in [0, 0.1) is 24.1 Å². The van der Waals surface area contributed by atoms with Crippen LogP contribution < -0.4 is 10.1 Å². The highest BCUT2D eigenvalue weighted by atomic mass is 35.5. The molecular formula is C24H17Cl2FN2O2. The van der Waals surface area contributed by atoms with E-state index in [1.54, 1.807) is 61.5 Å². The van der Waals surface area contributed by atoms with Crippen molar-refractivity contribution in [2.45, 2.75) is 13.5 Å². The second-order valence-corrected chi connectivity index (χ2v) is 7.44. The maximum atomic E-state index is 13.9. The number of hydrogen-bond acceptors (Lipinski definition) is 3. The lowest BCUT2D eigenvalue weighted by molar-refractivity contribution is -0.112. The van der Waals surface area contributed by atoms with Crippen molar-refractivity contribution >= 4 is 40.9 Å². The van der Waals surface area contributed by atoms with Gasteiger partial charge in [0.1, 0.15) is 29.8 Å². The number of carbonyl (C=O) groups is 1. The van der Waals surface area contributed by atoms with Gasteiger partial charge in [-0.25, -0.2) is 4.39 Å². The van der Waals surface area contributed by atoms with Gasteiger partial charge in [0.15, 0.2) is 0 Å². The smallest absolute Gasteiger partial charge is 0.266 e. The largest absolute Gasteiger partial charge is 0.488 e. The molecule has 1 N–H and O–H groups in total. The Morgan fingerprint density at radius 2 is 1.94 bits per heavy atom. The minimum Gasteiger partial charge on any atom is -0.488 e. The first-order valence-electron chi connectivity index (χ1n) is 9.23. The number of amides is 1. The lowest BCUT2D eigenvalue weighted by Gasteiger charge is -2.12. The molecule has 4 nitrogen and oxygen atoms in total. The third kappa shape index (κ3) is 5.64. The molecule has 0 unspecified atom stereocenters. The van der Waals surface area contributed by atoms with Crippen LogP contribution in [0.1, 0.15) is 16.7 Å². The SMILES string of the molecule is Cc1c(Cl)cccc1NC(=O)/C(C#N)=C/c1cc(Cl)ccc1OCc1ccccc1F. The number of carbonyl (C=O) groups excluding carboxylic acids is 1. The Kier molecular flexibility index (Phi) is 7.30. The Bertz CT molecular complexity index is 1200. The maximum absolute atomic E-state index is 13.9. The molecule has 0 spiro atoms. The van der Waals surface area contributed by atoms with Gasteiger partial charge in [-0.15, -0.1) is 0 Å². The number of hydrogen-bond donors (Lipinski definition) is 1. The molecule has 0 radical (unpaired) electrons. The summed E-state index contributed by atoms with van der Waals surface area (Å²) < 4.78 is 19.6. The summed E-state index contributed by atoms with van der Waals surface area (Å²) >= 11 is 12.2. The van der Waals surface area contributed by atoms with Crippen molar-refractivity contribution in [3.63, 3.8) is 0 Å². The van der Waals surface area contributed by atoms with E-state index in [9.17, 15) is 14.4 Å². The van der Waals surface area contributed by atoms with E-state index >= 15 is 0 Å². The summed E-state index contributed by atoms with van der Waals surface area (Å²) in [7, 11) is 0. The van der Waals surface area contributed by atoms with Crippen LogP contribution in [0.5, 0.6) is 5.75 Å². The minimum atomic E-state index is -0.604. The first-order valence-corrected chi connectivity index (χ1v) is 9.98. The summed E-state index contributed by atoms with van der Waals surface area (Å²) in [5.41, 5.74) is 1.82. The van der Waals surface area contributed by atoms with Crippen LogP contribution >= 0.6 is 23.2 Å². The zero-order chi connectivity index (χ0) is 22.4. The second-order valence-electron chi connectivity index (χ2n) is 6.60. The van der Waals surface area contributed by atoms with Crippen LogP contribution in [0.4, 0.5) is 10.1 Å². The predicted octanol–water partition coefficient (Wildman–Crippen LogP) is 6.57. The molecule has 3 aromatic rings. The molecule has 31 heavy (non-hydrogen) atoms. The van der Waals surface area contributed by atoms with E-state index in [2.05, 4.69) is 5.32 Å². The Labute approximate surface area is 189 Å². The fraction of sp³-hybridized carbons (Fsp3) is 0.0833. The predicted molar refractivity (Wildman–Crippen MR) is 121 cm³/mol. The molecule has 0 atom stereocenters. The van der Waals surface area contributed by atoms with Gasteiger partial charge in [-0.05, 0) is 55.0 Å². The molecular weight excluding hydrogens is 438 g/mol. The molecule has 0 heterocycles. The van der Waals surface area contributed by atoms with Crippen LogP contribution in [-0.4, -0.2) is 5.91 Å². The van der Waals surface area contributed by atoms with E-state index in [0.717, 1.165) is 0 Å². The molecule has 1 amide bonds. The highest BCUT2D eigenvalue weighted by Crippen LogP contribution is 2.27. The van der Waals surface area contributed by atoms with Crippen LogP contribution in [0.2, 0.25) is 10.0 Å². The van der Waals surface area contributed by atoms with Gasteiger partial charge in [-0.1, -0.05) is 47.5 Å². The molecule has 3 rings (SSSR count). The maximum Gasteiger partial charge on any atom is 0.266 e. The lowest BCUT2D eigenvalue weighted by Crippen LogP contribution is -2.14. The summed E-state index contributed by atoms with van der Waals surface area (Å²) in [6, 6.07) is 18.0. The number of halogens is 3. The monoisotopic (exact) mass is 454 g/mol. The van der Waals surface area contributed by atoms with E-state index < -0.39 is 5.91 Å². The number of nitrogens with zero attached hydrogens (tertiary/aromatic N) is 1. The van der Waals surface area contributed by atoms with Gasteiger partial charge in [0.05, 0.1) is 0 Å². The zero-order valence-corrected chi connectivity index (χ0v) is 18.0. The van der Waals surface area contributed by atoms with Gasteiger partial charge in [0.25, 0.3) is 5.91 Å². The summed E-state index contributed by atoms with van der Waals surface area (Å²) in [6.45, 7) is 1.74. The Balaban J connectivity index is 1.87. The van der Waals surface area contributed by atoms with Crippen molar-refractivity contribution in [1.82, 2.24) is 0 Å². The van der Waals surface area contributed by atoms with Crippen LogP contribution in [-0.2, 0) is 11.4 Å². The average molecular weight is 455 g/mol. The molecule has 0 fully saturated rings. The molecule has 0 aliphatic heterocycles. The van der Waals surface area contributed by atoms with Crippen molar-refractivity contribution in [1.29, 1.82) is 5.26 Å². The first-order chi connectivity index (χ1) is 14.9.